The van der Waals surface area contributed by atoms with Crippen LogP contribution in [0, 0.1) is 29.6 Å². The average Bonchev–Trinajstić information content (AvgIpc) is 1.65. The van der Waals surface area contributed by atoms with Crippen molar-refractivity contribution in [2.45, 2.75) is 205 Å². The van der Waals surface area contributed by atoms with Crippen molar-refractivity contribution in [3.8, 4) is 0 Å². The third-order valence-corrected chi connectivity index (χ3v) is 18.4. The van der Waals surface area contributed by atoms with Crippen molar-refractivity contribution in [2.75, 3.05) is 65.1 Å². The second-order valence-corrected chi connectivity index (χ2v) is 25.1. The molecule has 7 N–H and O–H groups in total. The van der Waals surface area contributed by atoms with Crippen molar-refractivity contribution in [2.24, 2.45) is 35.3 Å². The van der Waals surface area contributed by atoms with E-state index in [1.165, 1.54) is 0 Å². The quantitative estimate of drug-likeness (QED) is 0.0499. The third kappa shape index (κ3) is 20.0. The number of carbonyl (C=O) groups is 5. The lowest BCUT2D eigenvalue weighted by Gasteiger charge is -2.43. The van der Waals surface area contributed by atoms with Crippen LogP contribution in [0.1, 0.15) is 138 Å². The van der Waals surface area contributed by atoms with E-state index in [2.05, 4.69) is 15.3 Å². The highest BCUT2D eigenvalue weighted by Crippen LogP contribution is 2.38. The van der Waals surface area contributed by atoms with Crippen LogP contribution >= 0.6 is 12.2 Å². The lowest BCUT2D eigenvalue weighted by Crippen LogP contribution is -2.61. The van der Waals surface area contributed by atoms with Gasteiger partial charge in [0.25, 0.3) is 16.9 Å². The number of anilines is 1. The number of aliphatic hydroxyl groups excluding tert-OH is 3. The van der Waals surface area contributed by atoms with E-state index in [0.29, 0.717) is 116 Å². The van der Waals surface area contributed by atoms with Gasteiger partial charge in [0, 0.05) is 115 Å². The van der Waals surface area contributed by atoms with Crippen LogP contribution in [0.4, 0.5) is 5.95 Å². The van der Waals surface area contributed by atoms with Crippen molar-refractivity contribution in [3.63, 3.8) is 0 Å². The number of aliphatic hydroxyl groups is 4. The fraction of sp³-hybridized carbons (Fsp3) is 0.719. The summed E-state index contributed by atoms with van der Waals surface area (Å²) in [7, 11) is 3.16. The lowest BCUT2D eigenvalue weighted by molar-refractivity contribution is -0.265. The van der Waals surface area contributed by atoms with Gasteiger partial charge in [-0.25, -0.2) is 14.8 Å². The average molecular weight is 1240 g/mol. The molecule has 22 nitrogen and oxygen atoms in total. The maximum atomic E-state index is 14.7. The van der Waals surface area contributed by atoms with Crippen LogP contribution in [0.2, 0.25) is 0 Å². The number of amides is 2. The fourth-order valence-electron chi connectivity index (χ4n) is 12.5. The van der Waals surface area contributed by atoms with Crippen molar-refractivity contribution in [1.29, 1.82) is 0 Å². The number of carbonyl (C=O) groups excluding carboxylic acids is 5. The molecule has 2 amide bonds. The minimum Gasteiger partial charge on any atom is -0.465 e. The molecule has 0 radical (unpaired) electrons. The molecule has 4 aliphatic heterocycles. The number of rotatable bonds is 13. The molecular formula is C64H99N7O15S. The number of esters is 1. The van der Waals surface area contributed by atoms with Gasteiger partial charge in [-0.05, 0) is 120 Å². The SMILES string of the molecule is CCOCCC(=O)N1CCN(c2ncc(CNC(=S)O[C@@H]3CC[C@@H](C[C@@H](N)[C@@H]4C[C@@H](O)[C@H](C)/C=C(\C)[C@@H](O)[C@@H](O)C(=O)[C@H](C)C[C@H](C)/C=C/C=C/C=C(\C)[C@@H](OC)C[C@@H]5CC[C@@H](C)[C@@](O)(O5)C(=O)C(=O)N5CCCC[C@H]5C(=O)O4)C[C@H]3OC)cn2)CC1. The molecule has 87 heavy (non-hydrogen) atoms. The van der Waals surface area contributed by atoms with E-state index in [4.69, 9.17) is 46.4 Å². The molecule has 6 rings (SSSR count). The summed E-state index contributed by atoms with van der Waals surface area (Å²) < 4.78 is 35.9. The summed E-state index contributed by atoms with van der Waals surface area (Å²) >= 11 is 5.64. The Bertz CT molecular complexity index is 2560. The van der Waals surface area contributed by atoms with Gasteiger partial charge < -0.3 is 74.6 Å². The Labute approximate surface area is 519 Å². The van der Waals surface area contributed by atoms with E-state index in [-0.39, 0.29) is 54.3 Å². The normalized spacial score (nSPS) is 34.9. The molecule has 0 spiro atoms. The molecule has 3 saturated heterocycles. The zero-order chi connectivity index (χ0) is 63.5. The number of thiocarbonyl (C=S) groups is 1. The molecule has 4 fully saturated rings. The second kappa shape index (κ2) is 34.2. The number of nitrogens with one attached hydrogen (secondary N) is 1. The monoisotopic (exact) mass is 1240 g/mol. The van der Waals surface area contributed by atoms with Gasteiger partial charge in [-0.1, -0.05) is 64.2 Å². The van der Waals surface area contributed by atoms with Gasteiger partial charge >= 0.3 is 5.97 Å². The van der Waals surface area contributed by atoms with Crippen molar-refractivity contribution in [3.05, 3.63) is 65.6 Å². The minimum absolute atomic E-state index is 0.0378. The Kier molecular flexibility index (Phi) is 27.9. The smallest absolute Gasteiger partial charge is 0.329 e. The first-order chi connectivity index (χ1) is 41.5. The molecule has 5 heterocycles. The number of ketones is 2. The number of fused-ring (bicyclic) bond motifs is 3. The van der Waals surface area contributed by atoms with Gasteiger partial charge in [-0.2, -0.15) is 0 Å². The van der Waals surface area contributed by atoms with Crippen LogP contribution in [0.3, 0.4) is 0 Å². The Morgan fingerprint density at radius 2 is 1.59 bits per heavy atom. The number of hydrogen-bond acceptors (Lipinski definition) is 20. The van der Waals surface area contributed by atoms with Crippen LogP contribution in [0.15, 0.2) is 60.0 Å². The van der Waals surface area contributed by atoms with E-state index in [9.17, 15) is 44.4 Å². The molecule has 486 valence electrons. The number of piperidine rings is 1. The van der Waals surface area contributed by atoms with E-state index in [0.717, 1.165) is 16.0 Å². The number of nitrogens with zero attached hydrogens (tertiary/aromatic N) is 5. The Hall–Kier alpha value is -5.08. The number of piperazine rings is 1. The summed E-state index contributed by atoms with van der Waals surface area (Å²) in [5.41, 5.74) is 8.97. The molecule has 16 atom stereocenters. The predicted octanol–water partition coefficient (Wildman–Crippen LogP) is 4.97. The number of cyclic esters (lactones) is 1. The number of methoxy groups -OCH3 is 2. The van der Waals surface area contributed by atoms with Crippen LogP contribution in [-0.4, -0.2) is 202 Å². The molecule has 5 aliphatic rings. The molecule has 23 heteroatoms. The largest absolute Gasteiger partial charge is 0.465 e. The molecule has 0 aromatic carbocycles. The van der Waals surface area contributed by atoms with Crippen molar-refractivity contribution in [1.82, 2.24) is 25.1 Å². The summed E-state index contributed by atoms with van der Waals surface area (Å²) in [4.78, 5) is 83.8. The number of hydrogen-bond donors (Lipinski definition) is 6. The summed E-state index contributed by atoms with van der Waals surface area (Å²) in [6, 6.07) is -2.08. The zero-order valence-electron chi connectivity index (χ0n) is 52.6. The molecule has 1 aliphatic carbocycles. The minimum atomic E-state index is -2.48. The molecule has 1 aromatic heterocycles. The first kappa shape index (κ1) is 71.0. The van der Waals surface area contributed by atoms with Crippen molar-refractivity contribution >= 4 is 52.7 Å². The van der Waals surface area contributed by atoms with E-state index >= 15 is 0 Å². The van der Waals surface area contributed by atoms with Crippen molar-refractivity contribution < 1.29 is 72.8 Å². The number of nitrogens with two attached hydrogens (primary N) is 1. The van der Waals surface area contributed by atoms with Gasteiger partial charge in [-0.15, -0.1) is 0 Å². The van der Waals surface area contributed by atoms with Crippen LogP contribution in [0.25, 0.3) is 0 Å². The molecule has 1 saturated carbocycles. The molecule has 1 aromatic rings. The number of Topliss-reactive ketones (excluding diaryl/α,β-unsaturated/α-hetero) is 2. The highest BCUT2D eigenvalue weighted by atomic mass is 32.1. The number of allylic oxidation sites excluding steroid dienone is 5. The Balaban J connectivity index is 1.15. The number of aromatic nitrogens is 2. The second-order valence-electron chi connectivity index (χ2n) is 24.7. The maximum Gasteiger partial charge on any atom is 0.329 e. The Morgan fingerprint density at radius 3 is 2.28 bits per heavy atom. The van der Waals surface area contributed by atoms with Gasteiger partial charge in [-0.3, -0.25) is 19.2 Å². The molecule has 0 unspecified atom stereocenters. The van der Waals surface area contributed by atoms with Gasteiger partial charge in [0.1, 0.15) is 30.5 Å². The standard InChI is InChI=1S/C64H99N7O15S/c1-10-83-29-23-55(73)69-25-27-70(28-26-69)62-66-36-46(37-67-62)38-68-63(87)85-51-22-20-45(33-54(51)82-9)32-48(65)53-35-50(72)41(4)31-43(6)57(75)58(76)56(74)42(5)30-39(2)16-12-11-13-17-40(3)52(81-8)34-47-21-19-44(7)64(80,86-47)59(77)60(78)71-24-15-14-18-49(71)61(79)84-53/h11-13,16-17,31,36-37,39,41-42,44-45,47-54,57-58,72,75-76,80H,10,14-15,18-30,32-35,38,65H2,1-9H3,(H,68,87)/b13-11+,16-12+,40-17+,43-31+/t39-,41-,42-,44-,45+,47+,48-,49+,50-,51-,52+,53+,54-,57-,58+,64-/m1/s1. The van der Waals surface area contributed by atoms with Gasteiger partial charge in [0.2, 0.25) is 17.6 Å². The van der Waals surface area contributed by atoms with Crippen LogP contribution < -0.4 is 16.0 Å². The van der Waals surface area contributed by atoms with Crippen LogP contribution in [0.5, 0.6) is 0 Å². The first-order valence-electron chi connectivity index (χ1n) is 31.4. The zero-order valence-corrected chi connectivity index (χ0v) is 53.4. The summed E-state index contributed by atoms with van der Waals surface area (Å²) in [6.07, 6.45) is 11.8. The Morgan fingerprint density at radius 1 is 0.862 bits per heavy atom. The summed E-state index contributed by atoms with van der Waals surface area (Å²) in [5, 5.41) is 49.8. The third-order valence-electron chi connectivity index (χ3n) is 18.1. The first-order valence-corrected chi connectivity index (χ1v) is 31.8. The van der Waals surface area contributed by atoms with Gasteiger partial charge in [0.05, 0.1) is 37.4 Å². The predicted molar refractivity (Wildman–Crippen MR) is 330 cm³/mol. The van der Waals surface area contributed by atoms with Gasteiger partial charge in [0.15, 0.2) is 5.78 Å². The van der Waals surface area contributed by atoms with E-state index in [1.54, 1.807) is 60.4 Å². The number of ether oxygens (including phenoxy) is 6. The summed E-state index contributed by atoms with van der Waals surface area (Å²) in [6.45, 7) is 16.1. The highest BCUT2D eigenvalue weighted by molar-refractivity contribution is 7.80. The lowest BCUT2D eigenvalue weighted by atomic mass is 9.80. The summed E-state index contributed by atoms with van der Waals surface area (Å²) in [5.74, 6) is -7.57. The van der Waals surface area contributed by atoms with E-state index in [1.807, 2.05) is 61.0 Å². The van der Waals surface area contributed by atoms with E-state index < -0.39 is 108 Å². The maximum absolute atomic E-state index is 14.7. The highest BCUT2D eigenvalue weighted by Gasteiger charge is 2.53. The fourth-order valence-corrected chi connectivity index (χ4v) is 12.7. The van der Waals surface area contributed by atoms with Crippen LogP contribution in [-0.2, 0) is 58.9 Å². The molecular weight excluding hydrogens is 1140 g/mol. The molecule has 2 bridgehead atoms. The topological polar surface area (TPSA) is 295 Å².